The second-order valence-corrected chi connectivity index (χ2v) is 4.91. The van der Waals surface area contributed by atoms with Gasteiger partial charge in [-0.3, -0.25) is 0 Å². The van der Waals surface area contributed by atoms with Gasteiger partial charge in [0.1, 0.15) is 11.6 Å². The first-order valence-corrected chi connectivity index (χ1v) is 6.94. The summed E-state index contributed by atoms with van der Waals surface area (Å²) in [6, 6.07) is 1.86. The fourth-order valence-electron chi connectivity index (χ4n) is 1.46. The first kappa shape index (κ1) is 14.1. The standard InChI is InChI=1S/C11H21N5S/c1-5-8(2)7-16(3)10-6-9(15-12)13-11(14-10)17-4/h6,8H,5,7,12H2,1-4H3,(H,13,14,15). The number of nitrogens with two attached hydrogens (primary N) is 1. The van der Waals surface area contributed by atoms with E-state index in [2.05, 4.69) is 34.1 Å². The van der Waals surface area contributed by atoms with E-state index in [0.717, 1.165) is 23.9 Å². The fourth-order valence-corrected chi connectivity index (χ4v) is 1.84. The van der Waals surface area contributed by atoms with Gasteiger partial charge in [-0.05, 0) is 12.2 Å². The zero-order chi connectivity index (χ0) is 12.8. The van der Waals surface area contributed by atoms with Gasteiger partial charge in [-0.1, -0.05) is 32.0 Å². The Bertz CT molecular complexity index is 335. The normalized spacial score (nSPS) is 12.3. The number of nitrogens with zero attached hydrogens (tertiary/aromatic N) is 3. The Hall–Kier alpha value is -1.01. The quantitative estimate of drug-likeness (QED) is 0.350. The van der Waals surface area contributed by atoms with Gasteiger partial charge in [-0.15, -0.1) is 0 Å². The number of anilines is 2. The molecule has 0 saturated heterocycles. The highest BCUT2D eigenvalue weighted by molar-refractivity contribution is 7.98. The Morgan fingerprint density at radius 2 is 2.24 bits per heavy atom. The number of nitrogen functional groups attached to an aromatic ring is 1. The molecule has 0 amide bonds. The highest BCUT2D eigenvalue weighted by atomic mass is 32.2. The summed E-state index contributed by atoms with van der Waals surface area (Å²) < 4.78 is 0. The summed E-state index contributed by atoms with van der Waals surface area (Å²) in [5.41, 5.74) is 2.57. The molecule has 1 aromatic heterocycles. The lowest BCUT2D eigenvalue weighted by molar-refractivity contribution is 0.556. The number of nitrogens with one attached hydrogen (secondary N) is 1. The topological polar surface area (TPSA) is 67.1 Å². The first-order chi connectivity index (χ1) is 8.10. The van der Waals surface area contributed by atoms with Crippen LogP contribution in [-0.4, -0.2) is 29.8 Å². The Morgan fingerprint density at radius 1 is 1.53 bits per heavy atom. The molecular weight excluding hydrogens is 234 g/mol. The van der Waals surface area contributed by atoms with Gasteiger partial charge >= 0.3 is 0 Å². The fraction of sp³-hybridized carbons (Fsp3) is 0.636. The van der Waals surface area contributed by atoms with E-state index in [4.69, 9.17) is 5.84 Å². The average molecular weight is 255 g/mol. The third-order valence-electron chi connectivity index (χ3n) is 2.70. The van der Waals surface area contributed by atoms with E-state index in [9.17, 15) is 0 Å². The monoisotopic (exact) mass is 255 g/mol. The molecule has 6 heteroatoms. The Kier molecular flexibility index (Phi) is 5.50. The summed E-state index contributed by atoms with van der Waals surface area (Å²) in [6.07, 6.45) is 3.11. The average Bonchev–Trinajstić information content (AvgIpc) is 2.37. The summed E-state index contributed by atoms with van der Waals surface area (Å²) in [5.74, 6) is 7.59. The molecule has 0 bridgehead atoms. The largest absolute Gasteiger partial charge is 0.359 e. The molecule has 0 fully saturated rings. The summed E-state index contributed by atoms with van der Waals surface area (Å²) in [6.45, 7) is 5.40. The molecule has 0 aliphatic carbocycles. The second kappa shape index (κ2) is 6.66. The number of hydrazine groups is 1. The minimum atomic E-state index is 0.641. The lowest BCUT2D eigenvalue weighted by Gasteiger charge is -2.22. The minimum Gasteiger partial charge on any atom is -0.359 e. The Labute approximate surface area is 107 Å². The van der Waals surface area contributed by atoms with E-state index in [0.29, 0.717) is 11.7 Å². The maximum absolute atomic E-state index is 5.40. The van der Waals surface area contributed by atoms with E-state index in [1.807, 2.05) is 19.4 Å². The smallest absolute Gasteiger partial charge is 0.191 e. The minimum absolute atomic E-state index is 0.641. The van der Waals surface area contributed by atoms with Gasteiger partial charge in [0.2, 0.25) is 0 Å². The summed E-state index contributed by atoms with van der Waals surface area (Å²) in [5, 5.41) is 0.728. The molecule has 17 heavy (non-hydrogen) atoms. The molecule has 1 atom stereocenters. The summed E-state index contributed by atoms with van der Waals surface area (Å²) >= 11 is 1.51. The molecule has 96 valence electrons. The van der Waals surface area contributed by atoms with Gasteiger partial charge in [0.25, 0.3) is 0 Å². The van der Waals surface area contributed by atoms with Gasteiger partial charge in [0.15, 0.2) is 5.16 Å². The second-order valence-electron chi connectivity index (χ2n) is 4.14. The van der Waals surface area contributed by atoms with E-state index in [1.165, 1.54) is 11.8 Å². The van der Waals surface area contributed by atoms with Gasteiger partial charge < -0.3 is 10.3 Å². The molecule has 0 aromatic carbocycles. The van der Waals surface area contributed by atoms with Crippen LogP contribution < -0.4 is 16.2 Å². The number of hydrogen-bond donors (Lipinski definition) is 2. The molecule has 1 unspecified atom stereocenters. The van der Waals surface area contributed by atoms with Crippen LogP contribution in [0.1, 0.15) is 20.3 Å². The summed E-state index contributed by atoms with van der Waals surface area (Å²) in [4.78, 5) is 10.8. The zero-order valence-electron chi connectivity index (χ0n) is 10.9. The van der Waals surface area contributed by atoms with Crippen molar-refractivity contribution in [1.29, 1.82) is 0 Å². The zero-order valence-corrected chi connectivity index (χ0v) is 11.7. The molecule has 0 radical (unpaired) electrons. The van der Waals surface area contributed by atoms with Gasteiger partial charge in [-0.25, -0.2) is 15.8 Å². The molecule has 5 nitrogen and oxygen atoms in total. The van der Waals surface area contributed by atoms with Crippen molar-refractivity contribution in [2.45, 2.75) is 25.4 Å². The van der Waals surface area contributed by atoms with Crippen molar-refractivity contribution in [3.8, 4) is 0 Å². The molecule has 3 N–H and O–H groups in total. The Morgan fingerprint density at radius 3 is 2.76 bits per heavy atom. The SMILES string of the molecule is CCC(C)CN(C)c1cc(NN)nc(SC)n1. The van der Waals surface area contributed by atoms with Crippen molar-refractivity contribution in [1.82, 2.24) is 9.97 Å². The first-order valence-electron chi connectivity index (χ1n) is 5.71. The lowest BCUT2D eigenvalue weighted by Crippen LogP contribution is -2.25. The van der Waals surface area contributed by atoms with Crippen molar-refractivity contribution in [3.05, 3.63) is 6.07 Å². The van der Waals surface area contributed by atoms with Gasteiger partial charge in [0.05, 0.1) is 0 Å². The lowest BCUT2D eigenvalue weighted by atomic mass is 10.1. The maximum atomic E-state index is 5.40. The number of thioether (sulfide) groups is 1. The molecule has 0 spiro atoms. The third-order valence-corrected chi connectivity index (χ3v) is 3.24. The van der Waals surface area contributed by atoms with Crippen LogP contribution in [0.3, 0.4) is 0 Å². The highest BCUT2D eigenvalue weighted by Crippen LogP contribution is 2.20. The molecule has 0 saturated carbocycles. The Balaban J connectivity index is 2.88. The van der Waals surface area contributed by atoms with Crippen LogP contribution in [0.2, 0.25) is 0 Å². The number of rotatable bonds is 6. The van der Waals surface area contributed by atoms with Crippen molar-refractivity contribution >= 4 is 23.4 Å². The molecular formula is C11H21N5S. The maximum Gasteiger partial charge on any atom is 0.191 e. The van der Waals surface area contributed by atoms with Crippen LogP contribution in [-0.2, 0) is 0 Å². The van der Waals surface area contributed by atoms with Gasteiger partial charge in [-0.2, -0.15) is 0 Å². The van der Waals surface area contributed by atoms with Crippen LogP contribution in [0.4, 0.5) is 11.6 Å². The van der Waals surface area contributed by atoms with E-state index in [-0.39, 0.29) is 0 Å². The van der Waals surface area contributed by atoms with Crippen molar-refractivity contribution in [3.63, 3.8) is 0 Å². The third kappa shape index (κ3) is 4.05. The predicted octanol–water partition coefficient (Wildman–Crippen LogP) is 1.97. The van der Waals surface area contributed by atoms with Crippen LogP contribution in [0, 0.1) is 5.92 Å². The molecule has 1 heterocycles. The van der Waals surface area contributed by atoms with Crippen molar-refractivity contribution in [2.24, 2.45) is 11.8 Å². The highest BCUT2D eigenvalue weighted by Gasteiger charge is 2.10. The van der Waals surface area contributed by atoms with Crippen LogP contribution >= 0.6 is 11.8 Å². The molecule has 0 aliphatic rings. The van der Waals surface area contributed by atoms with Crippen molar-refractivity contribution in [2.75, 3.05) is 30.2 Å². The predicted molar refractivity (Wildman–Crippen MR) is 74.3 cm³/mol. The molecule has 1 aromatic rings. The molecule has 0 aliphatic heterocycles. The van der Waals surface area contributed by atoms with E-state index >= 15 is 0 Å². The summed E-state index contributed by atoms with van der Waals surface area (Å²) in [7, 11) is 2.04. The van der Waals surface area contributed by atoms with Gasteiger partial charge in [0, 0.05) is 19.7 Å². The van der Waals surface area contributed by atoms with Crippen LogP contribution in [0.25, 0.3) is 0 Å². The van der Waals surface area contributed by atoms with Crippen LogP contribution in [0.15, 0.2) is 11.2 Å². The molecule has 1 rings (SSSR count). The van der Waals surface area contributed by atoms with Crippen LogP contribution in [0.5, 0.6) is 0 Å². The van der Waals surface area contributed by atoms with E-state index in [1.54, 1.807) is 0 Å². The number of hydrogen-bond acceptors (Lipinski definition) is 6. The van der Waals surface area contributed by atoms with Crippen molar-refractivity contribution < 1.29 is 0 Å². The number of aromatic nitrogens is 2. The van der Waals surface area contributed by atoms with E-state index < -0.39 is 0 Å².